The van der Waals surface area contributed by atoms with Crippen molar-refractivity contribution in [2.45, 2.75) is 13.3 Å². The minimum Gasteiger partial charge on any atom is -0.466 e. The molecule has 0 aliphatic heterocycles. The molecular formula is C10H9BrO3S. The topological polar surface area (TPSA) is 39.4 Å². The van der Waals surface area contributed by atoms with Crippen LogP contribution in [-0.2, 0) is 16.0 Å². The number of esters is 1. The average molecular weight is 289 g/mol. The lowest BCUT2D eigenvalue weighted by molar-refractivity contribution is -0.142. The Hall–Kier alpha value is -0.810. The number of carbonyl (C=O) groups is 1. The van der Waals surface area contributed by atoms with Gasteiger partial charge in [-0.1, -0.05) is 0 Å². The van der Waals surface area contributed by atoms with Gasteiger partial charge in [-0.2, -0.15) is 0 Å². The number of furan rings is 1. The molecule has 5 heteroatoms. The van der Waals surface area contributed by atoms with Crippen molar-refractivity contribution < 1.29 is 13.9 Å². The fourth-order valence-electron chi connectivity index (χ4n) is 1.33. The Labute approximate surface area is 99.2 Å². The molecule has 0 aliphatic carbocycles. The predicted molar refractivity (Wildman–Crippen MR) is 62.1 cm³/mol. The number of carbonyl (C=O) groups excluding carboxylic acids is 1. The predicted octanol–water partition coefficient (Wildman–Crippen LogP) is 3.36. The van der Waals surface area contributed by atoms with Gasteiger partial charge in [0.1, 0.15) is 0 Å². The minimum absolute atomic E-state index is 0.218. The van der Waals surface area contributed by atoms with E-state index in [0.29, 0.717) is 6.61 Å². The molecule has 2 heterocycles. The minimum atomic E-state index is -0.218. The van der Waals surface area contributed by atoms with E-state index in [1.165, 1.54) is 0 Å². The van der Waals surface area contributed by atoms with Crippen LogP contribution in [-0.4, -0.2) is 12.6 Å². The van der Waals surface area contributed by atoms with E-state index >= 15 is 0 Å². The van der Waals surface area contributed by atoms with Crippen LogP contribution in [0.1, 0.15) is 12.5 Å². The van der Waals surface area contributed by atoms with Crippen molar-refractivity contribution in [2.24, 2.45) is 0 Å². The van der Waals surface area contributed by atoms with Crippen LogP contribution in [0, 0.1) is 0 Å². The third-order valence-electron chi connectivity index (χ3n) is 1.95. The molecule has 2 aromatic rings. The molecule has 0 aromatic carbocycles. The highest BCUT2D eigenvalue weighted by Gasteiger charge is 2.14. The molecule has 0 aliphatic rings. The summed E-state index contributed by atoms with van der Waals surface area (Å²) >= 11 is 4.94. The van der Waals surface area contributed by atoms with Gasteiger partial charge in [0, 0.05) is 10.9 Å². The standard InChI is InChI=1S/C10H9BrO3S/c1-2-13-8(12)3-6-4-14-9-7(11)5-15-10(6)9/h4-5H,2-3H2,1H3. The molecular weight excluding hydrogens is 280 g/mol. The summed E-state index contributed by atoms with van der Waals surface area (Å²) in [4.78, 5) is 11.3. The van der Waals surface area contributed by atoms with Crippen LogP contribution < -0.4 is 0 Å². The summed E-state index contributed by atoms with van der Waals surface area (Å²) in [6, 6.07) is 0. The zero-order chi connectivity index (χ0) is 10.8. The first-order valence-corrected chi connectivity index (χ1v) is 6.18. The normalized spacial score (nSPS) is 10.8. The van der Waals surface area contributed by atoms with Crippen molar-refractivity contribution in [3.63, 3.8) is 0 Å². The maximum atomic E-state index is 11.3. The van der Waals surface area contributed by atoms with Crippen LogP contribution in [0.3, 0.4) is 0 Å². The highest BCUT2D eigenvalue weighted by Crippen LogP contribution is 2.34. The Kier molecular flexibility index (Phi) is 3.11. The fraction of sp³-hybridized carbons (Fsp3) is 0.300. The second kappa shape index (κ2) is 4.37. The number of ether oxygens (including phenoxy) is 1. The first-order valence-electron chi connectivity index (χ1n) is 4.51. The number of halogens is 1. The Morgan fingerprint density at radius 1 is 1.67 bits per heavy atom. The van der Waals surface area contributed by atoms with E-state index in [1.54, 1.807) is 24.5 Å². The van der Waals surface area contributed by atoms with Gasteiger partial charge in [0.25, 0.3) is 0 Å². The summed E-state index contributed by atoms with van der Waals surface area (Å²) in [5.41, 5.74) is 1.69. The van der Waals surface area contributed by atoms with E-state index in [-0.39, 0.29) is 12.4 Å². The van der Waals surface area contributed by atoms with Crippen molar-refractivity contribution in [3.05, 3.63) is 21.7 Å². The molecule has 80 valence electrons. The van der Waals surface area contributed by atoms with Crippen LogP contribution in [0.4, 0.5) is 0 Å². The molecule has 0 saturated carbocycles. The van der Waals surface area contributed by atoms with Crippen molar-refractivity contribution in [2.75, 3.05) is 6.61 Å². The van der Waals surface area contributed by atoms with Crippen molar-refractivity contribution in [1.29, 1.82) is 0 Å². The van der Waals surface area contributed by atoms with E-state index in [9.17, 15) is 4.79 Å². The zero-order valence-electron chi connectivity index (χ0n) is 8.08. The van der Waals surface area contributed by atoms with Gasteiger partial charge in [0.15, 0.2) is 5.58 Å². The molecule has 0 amide bonds. The molecule has 3 nitrogen and oxygen atoms in total. The highest BCUT2D eigenvalue weighted by atomic mass is 79.9. The van der Waals surface area contributed by atoms with Gasteiger partial charge in [-0.3, -0.25) is 4.79 Å². The zero-order valence-corrected chi connectivity index (χ0v) is 10.5. The second-order valence-corrected chi connectivity index (χ2v) is 4.72. The van der Waals surface area contributed by atoms with E-state index in [1.807, 2.05) is 5.38 Å². The summed E-state index contributed by atoms with van der Waals surface area (Å²) in [6.45, 7) is 2.21. The van der Waals surface area contributed by atoms with Gasteiger partial charge >= 0.3 is 5.97 Å². The Balaban J connectivity index is 2.25. The van der Waals surface area contributed by atoms with Crippen molar-refractivity contribution in [1.82, 2.24) is 0 Å². The Morgan fingerprint density at radius 3 is 3.20 bits per heavy atom. The van der Waals surface area contributed by atoms with E-state index in [0.717, 1.165) is 20.3 Å². The number of fused-ring (bicyclic) bond motifs is 1. The van der Waals surface area contributed by atoms with Gasteiger partial charge in [0.05, 0.1) is 28.5 Å². The third kappa shape index (κ3) is 2.08. The molecule has 0 saturated heterocycles. The molecule has 15 heavy (non-hydrogen) atoms. The maximum Gasteiger partial charge on any atom is 0.310 e. The van der Waals surface area contributed by atoms with Crippen LogP contribution in [0.2, 0.25) is 0 Å². The Morgan fingerprint density at radius 2 is 2.47 bits per heavy atom. The summed E-state index contributed by atoms with van der Waals surface area (Å²) in [7, 11) is 0. The van der Waals surface area contributed by atoms with E-state index < -0.39 is 0 Å². The molecule has 0 atom stereocenters. The molecule has 0 unspecified atom stereocenters. The number of hydrogen-bond donors (Lipinski definition) is 0. The summed E-state index contributed by atoms with van der Waals surface area (Å²) in [5, 5.41) is 1.95. The third-order valence-corrected chi connectivity index (χ3v) is 3.88. The monoisotopic (exact) mass is 288 g/mol. The molecule has 0 radical (unpaired) electrons. The number of thiophene rings is 1. The summed E-state index contributed by atoms with van der Waals surface area (Å²) in [6.07, 6.45) is 1.89. The van der Waals surface area contributed by atoms with Gasteiger partial charge < -0.3 is 9.15 Å². The molecule has 0 bridgehead atoms. The lowest BCUT2D eigenvalue weighted by Gasteiger charge is -1.98. The average Bonchev–Trinajstić information content (AvgIpc) is 2.72. The largest absolute Gasteiger partial charge is 0.466 e. The number of hydrogen-bond acceptors (Lipinski definition) is 4. The van der Waals surface area contributed by atoms with Gasteiger partial charge in [-0.15, -0.1) is 11.3 Å². The first kappa shape index (κ1) is 10.7. The van der Waals surface area contributed by atoms with Crippen molar-refractivity contribution in [3.8, 4) is 0 Å². The number of rotatable bonds is 3. The van der Waals surface area contributed by atoms with Gasteiger partial charge in [0.2, 0.25) is 0 Å². The fourth-order valence-corrected chi connectivity index (χ4v) is 2.90. The van der Waals surface area contributed by atoms with Crippen LogP contribution >= 0.6 is 27.3 Å². The van der Waals surface area contributed by atoms with E-state index in [2.05, 4.69) is 15.9 Å². The Bertz CT molecular complexity index is 486. The maximum absolute atomic E-state index is 11.3. The van der Waals surface area contributed by atoms with Crippen LogP contribution in [0.5, 0.6) is 0 Å². The summed E-state index contributed by atoms with van der Waals surface area (Å²) in [5.74, 6) is -0.218. The van der Waals surface area contributed by atoms with Crippen LogP contribution in [0.15, 0.2) is 20.5 Å². The van der Waals surface area contributed by atoms with E-state index in [4.69, 9.17) is 9.15 Å². The quantitative estimate of drug-likeness (QED) is 0.813. The van der Waals surface area contributed by atoms with Crippen molar-refractivity contribution >= 4 is 43.5 Å². The smallest absolute Gasteiger partial charge is 0.310 e. The highest BCUT2D eigenvalue weighted by molar-refractivity contribution is 9.10. The second-order valence-electron chi connectivity index (χ2n) is 2.98. The van der Waals surface area contributed by atoms with Crippen LogP contribution in [0.25, 0.3) is 10.3 Å². The molecule has 2 aromatic heterocycles. The lowest BCUT2D eigenvalue weighted by atomic mass is 10.2. The first-order chi connectivity index (χ1) is 7.22. The molecule has 0 N–H and O–H groups in total. The lowest BCUT2D eigenvalue weighted by Crippen LogP contribution is -2.06. The molecule has 0 fully saturated rings. The molecule has 0 spiro atoms. The summed E-state index contributed by atoms with van der Waals surface area (Å²) < 4.78 is 12.2. The molecule has 2 rings (SSSR count). The van der Waals surface area contributed by atoms with Gasteiger partial charge in [-0.05, 0) is 22.9 Å². The van der Waals surface area contributed by atoms with Gasteiger partial charge in [-0.25, -0.2) is 0 Å². The SMILES string of the molecule is CCOC(=O)Cc1coc2c(Br)csc12.